The largest absolute Gasteiger partial charge is 0.499 e. The normalized spacial score (nSPS) is 10.4. The van der Waals surface area contributed by atoms with Gasteiger partial charge in [0.1, 0.15) is 6.26 Å². The summed E-state index contributed by atoms with van der Waals surface area (Å²) in [7, 11) is 2.73. The summed E-state index contributed by atoms with van der Waals surface area (Å²) in [4.78, 5) is 9.96. The fraction of sp³-hybridized carbons (Fsp3) is 0.400. The maximum Gasteiger partial charge on any atom is 0.411 e. The summed E-state index contributed by atoms with van der Waals surface area (Å²) in [5.74, 6) is 0.0509. The number of amides is 1. The lowest BCUT2D eigenvalue weighted by molar-refractivity contribution is 0.177. The summed E-state index contributed by atoms with van der Waals surface area (Å²) >= 11 is 0. The van der Waals surface area contributed by atoms with Gasteiger partial charge in [-0.05, 0) is 0 Å². The molecular weight excluding hydrogens is 138 g/mol. The number of methoxy groups -OCH3 is 2. The van der Waals surface area contributed by atoms with Crippen LogP contribution in [0, 0.1) is 0 Å². The maximum atomic E-state index is 9.96. The van der Waals surface area contributed by atoms with Crippen LogP contribution >= 0.6 is 0 Å². The van der Waals surface area contributed by atoms with Gasteiger partial charge in [-0.1, -0.05) is 0 Å². The van der Waals surface area contributed by atoms with Crippen molar-refractivity contribution in [2.75, 3.05) is 14.2 Å². The van der Waals surface area contributed by atoms with E-state index in [1.165, 1.54) is 14.2 Å². The van der Waals surface area contributed by atoms with Crippen molar-refractivity contribution in [3.05, 3.63) is 12.1 Å². The second-order valence-corrected chi connectivity index (χ2v) is 1.35. The molecule has 0 aromatic heterocycles. The van der Waals surface area contributed by atoms with E-state index in [2.05, 4.69) is 9.47 Å². The zero-order chi connectivity index (χ0) is 7.98. The van der Waals surface area contributed by atoms with Gasteiger partial charge in [0.2, 0.25) is 5.88 Å². The average Bonchev–Trinajstić information content (AvgIpc) is 1.86. The third-order valence-corrected chi connectivity index (χ3v) is 0.675. The fourth-order valence-corrected chi connectivity index (χ4v) is 0.341. The first-order valence-electron chi connectivity index (χ1n) is 2.47. The highest BCUT2D eigenvalue weighted by atomic mass is 16.5. The van der Waals surface area contributed by atoms with Crippen molar-refractivity contribution in [3.63, 3.8) is 0 Å². The van der Waals surface area contributed by atoms with Crippen molar-refractivity contribution in [3.8, 4) is 0 Å². The van der Waals surface area contributed by atoms with Gasteiger partial charge in [0, 0.05) is 0 Å². The third kappa shape index (κ3) is 3.59. The molecule has 0 aliphatic carbocycles. The number of rotatable bonds is 3. The minimum absolute atomic E-state index is 0.0509. The van der Waals surface area contributed by atoms with Gasteiger partial charge in [-0.25, -0.2) is 4.79 Å². The topological polar surface area (TPSA) is 67.8 Å². The quantitative estimate of drug-likeness (QED) is 0.565. The van der Waals surface area contributed by atoms with Crippen LogP contribution < -0.4 is 5.32 Å². The molecule has 0 spiro atoms. The Kier molecular flexibility index (Phi) is 3.86. The highest BCUT2D eigenvalue weighted by molar-refractivity contribution is 5.66. The molecule has 0 aliphatic rings. The third-order valence-electron chi connectivity index (χ3n) is 0.675. The van der Waals surface area contributed by atoms with Crippen molar-refractivity contribution in [1.29, 1.82) is 0 Å². The summed E-state index contributed by atoms with van der Waals surface area (Å²) in [6.07, 6.45) is -0.0427. The number of carboxylic acid groups (broad SMARTS) is 1. The van der Waals surface area contributed by atoms with Gasteiger partial charge in [0.15, 0.2) is 0 Å². The van der Waals surface area contributed by atoms with E-state index < -0.39 is 6.09 Å². The standard InChI is InChI=1S/C5H9NO4/c1-9-3-4(10-2)6-5(7)8/h3,6H,1-2H3,(H,7,8). The van der Waals surface area contributed by atoms with Gasteiger partial charge in [-0.3, -0.25) is 5.32 Å². The fourth-order valence-electron chi connectivity index (χ4n) is 0.341. The molecule has 5 heteroatoms. The van der Waals surface area contributed by atoms with E-state index in [1.54, 1.807) is 0 Å². The number of carbonyl (C=O) groups is 1. The van der Waals surface area contributed by atoms with E-state index in [0.29, 0.717) is 0 Å². The SMILES string of the molecule is COC=C(NC(=O)O)OC. The molecule has 5 nitrogen and oxygen atoms in total. The van der Waals surface area contributed by atoms with Crippen LogP contribution in [0.5, 0.6) is 0 Å². The second-order valence-electron chi connectivity index (χ2n) is 1.35. The van der Waals surface area contributed by atoms with E-state index in [-0.39, 0.29) is 5.88 Å². The van der Waals surface area contributed by atoms with E-state index in [1.807, 2.05) is 5.32 Å². The van der Waals surface area contributed by atoms with Crippen LogP contribution in [0.15, 0.2) is 12.1 Å². The molecule has 2 N–H and O–H groups in total. The summed E-state index contributed by atoms with van der Waals surface area (Å²) in [6.45, 7) is 0. The molecule has 0 aromatic rings. The van der Waals surface area contributed by atoms with Gasteiger partial charge < -0.3 is 14.6 Å². The molecular formula is C5H9NO4. The van der Waals surface area contributed by atoms with E-state index in [4.69, 9.17) is 5.11 Å². The molecule has 0 radical (unpaired) electrons. The summed E-state index contributed by atoms with van der Waals surface area (Å²) < 4.78 is 9.03. The summed E-state index contributed by atoms with van der Waals surface area (Å²) in [5, 5.41) is 10.1. The van der Waals surface area contributed by atoms with E-state index >= 15 is 0 Å². The molecule has 0 heterocycles. The molecule has 0 aliphatic heterocycles. The Hall–Kier alpha value is -1.39. The maximum absolute atomic E-state index is 9.96. The molecule has 1 amide bonds. The van der Waals surface area contributed by atoms with Gasteiger partial charge in [0.25, 0.3) is 0 Å². The molecule has 0 unspecified atom stereocenters. The predicted octanol–water partition coefficient (Wildman–Crippen LogP) is 0.346. The zero-order valence-electron chi connectivity index (χ0n) is 5.75. The van der Waals surface area contributed by atoms with Crippen molar-refractivity contribution >= 4 is 6.09 Å². The molecule has 0 fully saturated rings. The Morgan fingerprint density at radius 1 is 1.60 bits per heavy atom. The highest BCUT2D eigenvalue weighted by Crippen LogP contribution is 1.88. The summed E-state index contributed by atoms with van der Waals surface area (Å²) in [5.41, 5.74) is 0. The number of hydrogen-bond donors (Lipinski definition) is 2. The van der Waals surface area contributed by atoms with Gasteiger partial charge in [0.05, 0.1) is 14.2 Å². The van der Waals surface area contributed by atoms with Gasteiger partial charge in [-0.15, -0.1) is 0 Å². The Morgan fingerprint density at radius 2 is 2.20 bits per heavy atom. The first-order chi connectivity index (χ1) is 4.70. The Bertz CT molecular complexity index is 143. The molecule has 0 saturated carbocycles. The van der Waals surface area contributed by atoms with Crippen molar-refractivity contribution < 1.29 is 19.4 Å². The van der Waals surface area contributed by atoms with Crippen LogP contribution in [0.2, 0.25) is 0 Å². The lowest BCUT2D eigenvalue weighted by Gasteiger charge is -2.02. The number of ether oxygens (including phenoxy) is 2. The van der Waals surface area contributed by atoms with Crippen LogP contribution in [0.1, 0.15) is 0 Å². The zero-order valence-corrected chi connectivity index (χ0v) is 5.75. The minimum atomic E-state index is -1.19. The van der Waals surface area contributed by atoms with Crippen molar-refractivity contribution in [1.82, 2.24) is 5.32 Å². The van der Waals surface area contributed by atoms with Crippen molar-refractivity contribution in [2.24, 2.45) is 0 Å². The van der Waals surface area contributed by atoms with Crippen LogP contribution in [0.3, 0.4) is 0 Å². The Balaban J connectivity index is 3.83. The first-order valence-corrected chi connectivity index (χ1v) is 2.47. The first kappa shape index (κ1) is 8.61. The average molecular weight is 147 g/mol. The highest BCUT2D eigenvalue weighted by Gasteiger charge is 1.99. The minimum Gasteiger partial charge on any atom is -0.499 e. The van der Waals surface area contributed by atoms with Crippen molar-refractivity contribution in [2.45, 2.75) is 0 Å². The van der Waals surface area contributed by atoms with Crippen LogP contribution in [-0.4, -0.2) is 25.4 Å². The van der Waals surface area contributed by atoms with Gasteiger partial charge in [-0.2, -0.15) is 0 Å². The molecule has 0 bridgehead atoms. The number of nitrogens with one attached hydrogen (secondary N) is 1. The Labute approximate surface area is 58.2 Å². The van der Waals surface area contributed by atoms with Crippen LogP contribution in [-0.2, 0) is 9.47 Å². The number of hydrogen-bond acceptors (Lipinski definition) is 3. The molecule has 0 aromatic carbocycles. The lowest BCUT2D eigenvalue weighted by Crippen LogP contribution is -2.21. The molecule has 0 atom stereocenters. The smallest absolute Gasteiger partial charge is 0.411 e. The van der Waals surface area contributed by atoms with Crippen LogP contribution in [0.25, 0.3) is 0 Å². The predicted molar refractivity (Wildman–Crippen MR) is 33.3 cm³/mol. The molecule has 0 rings (SSSR count). The van der Waals surface area contributed by atoms with Crippen LogP contribution in [0.4, 0.5) is 4.79 Å². The molecule has 58 valence electrons. The summed E-state index contributed by atoms with van der Waals surface area (Å²) in [6, 6.07) is 0. The van der Waals surface area contributed by atoms with E-state index in [9.17, 15) is 4.79 Å². The lowest BCUT2D eigenvalue weighted by atomic mass is 10.8. The monoisotopic (exact) mass is 147 g/mol. The van der Waals surface area contributed by atoms with E-state index in [0.717, 1.165) is 6.26 Å². The van der Waals surface area contributed by atoms with Gasteiger partial charge >= 0.3 is 6.09 Å². The Morgan fingerprint density at radius 3 is 2.50 bits per heavy atom. The second kappa shape index (κ2) is 4.49. The molecule has 0 saturated heterocycles. The molecule has 10 heavy (non-hydrogen) atoms.